The standard InChI is InChI=1S/C13H14IN3O2/c1-8-7-12(17-19-8)16-13(18)9(2)15-11-5-3-10(14)4-6-11/h3-7,9,15H,1-2H3,(H,16,17,18)/t9-/m1/s1. The third kappa shape index (κ3) is 3.95. The number of aryl methyl sites for hydroxylation is 1. The minimum Gasteiger partial charge on any atom is -0.374 e. The molecule has 0 radical (unpaired) electrons. The van der Waals surface area contributed by atoms with Gasteiger partial charge in [0, 0.05) is 15.3 Å². The van der Waals surface area contributed by atoms with Crippen molar-refractivity contribution in [3.05, 3.63) is 39.7 Å². The number of hydrogen-bond donors (Lipinski definition) is 2. The lowest BCUT2D eigenvalue weighted by molar-refractivity contribution is -0.116. The number of nitrogens with zero attached hydrogens (tertiary/aromatic N) is 1. The van der Waals surface area contributed by atoms with Gasteiger partial charge in [0.15, 0.2) is 5.82 Å². The predicted molar refractivity (Wildman–Crippen MR) is 82.1 cm³/mol. The maximum atomic E-state index is 11.9. The summed E-state index contributed by atoms with van der Waals surface area (Å²) in [5.74, 6) is 0.930. The van der Waals surface area contributed by atoms with E-state index in [9.17, 15) is 4.79 Å². The Kier molecular flexibility index (Phi) is 4.41. The highest BCUT2D eigenvalue weighted by Gasteiger charge is 2.14. The van der Waals surface area contributed by atoms with Crippen LogP contribution in [0.4, 0.5) is 11.5 Å². The number of rotatable bonds is 4. The van der Waals surface area contributed by atoms with Crippen molar-refractivity contribution in [2.45, 2.75) is 19.9 Å². The van der Waals surface area contributed by atoms with Gasteiger partial charge < -0.3 is 15.2 Å². The molecule has 0 aliphatic heterocycles. The minimum absolute atomic E-state index is 0.160. The number of aromatic nitrogens is 1. The number of carbonyl (C=O) groups excluding carboxylic acids is 1. The van der Waals surface area contributed by atoms with Gasteiger partial charge in [0.2, 0.25) is 5.91 Å². The Morgan fingerprint density at radius 2 is 2.05 bits per heavy atom. The van der Waals surface area contributed by atoms with Crippen LogP contribution in [0.1, 0.15) is 12.7 Å². The summed E-state index contributed by atoms with van der Waals surface area (Å²) >= 11 is 2.24. The van der Waals surface area contributed by atoms with E-state index in [1.807, 2.05) is 24.3 Å². The van der Waals surface area contributed by atoms with E-state index in [4.69, 9.17) is 4.52 Å². The Morgan fingerprint density at radius 3 is 2.63 bits per heavy atom. The SMILES string of the molecule is Cc1cc(NC(=O)[C@@H](C)Nc2ccc(I)cc2)no1. The number of benzene rings is 1. The van der Waals surface area contributed by atoms with E-state index >= 15 is 0 Å². The van der Waals surface area contributed by atoms with Crippen LogP contribution in [0.25, 0.3) is 0 Å². The number of anilines is 2. The molecule has 2 N–H and O–H groups in total. The van der Waals surface area contributed by atoms with Gasteiger partial charge in [0.25, 0.3) is 0 Å². The van der Waals surface area contributed by atoms with E-state index in [-0.39, 0.29) is 11.9 Å². The first-order chi connectivity index (χ1) is 9.04. The normalized spacial score (nSPS) is 11.9. The third-order valence-electron chi connectivity index (χ3n) is 2.50. The molecule has 19 heavy (non-hydrogen) atoms. The number of nitrogens with one attached hydrogen (secondary N) is 2. The molecule has 0 fully saturated rings. The first-order valence-electron chi connectivity index (χ1n) is 5.81. The molecule has 2 aromatic rings. The highest BCUT2D eigenvalue weighted by atomic mass is 127. The van der Waals surface area contributed by atoms with Crippen molar-refractivity contribution >= 4 is 40.0 Å². The molecule has 1 aromatic carbocycles. The zero-order chi connectivity index (χ0) is 13.8. The molecular formula is C13H14IN3O2. The van der Waals surface area contributed by atoms with Crippen LogP contribution < -0.4 is 10.6 Å². The second-order valence-corrected chi connectivity index (χ2v) is 5.43. The molecule has 100 valence electrons. The van der Waals surface area contributed by atoms with Gasteiger partial charge in [-0.05, 0) is 60.7 Å². The van der Waals surface area contributed by atoms with Gasteiger partial charge in [-0.15, -0.1) is 0 Å². The topological polar surface area (TPSA) is 67.2 Å². The van der Waals surface area contributed by atoms with Crippen LogP contribution in [0.2, 0.25) is 0 Å². The van der Waals surface area contributed by atoms with Crippen molar-refractivity contribution in [1.82, 2.24) is 5.16 Å². The first-order valence-corrected chi connectivity index (χ1v) is 6.89. The molecule has 0 aliphatic carbocycles. The average molecular weight is 371 g/mol. The zero-order valence-electron chi connectivity index (χ0n) is 10.6. The van der Waals surface area contributed by atoms with Gasteiger partial charge in [0.1, 0.15) is 11.8 Å². The van der Waals surface area contributed by atoms with Gasteiger partial charge in [-0.3, -0.25) is 4.79 Å². The fraction of sp³-hybridized carbons (Fsp3) is 0.231. The summed E-state index contributed by atoms with van der Waals surface area (Å²) in [7, 11) is 0. The summed E-state index contributed by atoms with van der Waals surface area (Å²) < 4.78 is 6.04. The number of halogens is 1. The van der Waals surface area contributed by atoms with Crippen molar-refractivity contribution in [1.29, 1.82) is 0 Å². The van der Waals surface area contributed by atoms with Gasteiger partial charge in [-0.1, -0.05) is 5.16 Å². The van der Waals surface area contributed by atoms with Crippen molar-refractivity contribution in [2.75, 3.05) is 10.6 Å². The molecule has 0 spiro atoms. The van der Waals surface area contributed by atoms with E-state index in [1.54, 1.807) is 19.9 Å². The number of hydrogen-bond acceptors (Lipinski definition) is 4. The molecule has 1 aromatic heterocycles. The molecule has 1 heterocycles. The van der Waals surface area contributed by atoms with Gasteiger partial charge >= 0.3 is 0 Å². The summed E-state index contributed by atoms with van der Waals surface area (Å²) in [5, 5.41) is 9.53. The maximum Gasteiger partial charge on any atom is 0.247 e. The largest absolute Gasteiger partial charge is 0.374 e. The van der Waals surface area contributed by atoms with Crippen molar-refractivity contribution < 1.29 is 9.32 Å². The molecule has 0 unspecified atom stereocenters. The molecule has 0 aliphatic rings. The lowest BCUT2D eigenvalue weighted by atomic mass is 10.2. The first kappa shape index (κ1) is 13.9. The molecule has 0 bridgehead atoms. The third-order valence-corrected chi connectivity index (χ3v) is 3.22. The van der Waals surface area contributed by atoms with Crippen molar-refractivity contribution in [3.63, 3.8) is 0 Å². The van der Waals surface area contributed by atoms with Crippen LogP contribution in [0.15, 0.2) is 34.9 Å². The highest BCUT2D eigenvalue weighted by Crippen LogP contribution is 2.13. The predicted octanol–water partition coefficient (Wildman–Crippen LogP) is 3.03. The van der Waals surface area contributed by atoms with Crippen molar-refractivity contribution in [2.24, 2.45) is 0 Å². The highest BCUT2D eigenvalue weighted by molar-refractivity contribution is 14.1. The second kappa shape index (κ2) is 6.05. The molecule has 6 heteroatoms. The van der Waals surface area contributed by atoms with Gasteiger partial charge in [-0.25, -0.2) is 0 Å². The molecule has 0 saturated heterocycles. The zero-order valence-corrected chi connectivity index (χ0v) is 12.8. The fourth-order valence-electron chi connectivity index (χ4n) is 1.52. The lowest BCUT2D eigenvalue weighted by Gasteiger charge is -2.14. The summed E-state index contributed by atoms with van der Waals surface area (Å²) in [6.45, 7) is 3.57. The maximum absolute atomic E-state index is 11.9. The second-order valence-electron chi connectivity index (χ2n) is 4.18. The summed E-state index contributed by atoms with van der Waals surface area (Å²) in [5.41, 5.74) is 0.902. The Labute approximate surface area is 124 Å². The van der Waals surface area contributed by atoms with Crippen LogP contribution in [0.5, 0.6) is 0 Å². The Balaban J connectivity index is 1.94. The molecule has 5 nitrogen and oxygen atoms in total. The molecule has 1 atom stereocenters. The summed E-state index contributed by atoms with van der Waals surface area (Å²) in [4.78, 5) is 11.9. The number of carbonyl (C=O) groups is 1. The van der Waals surface area contributed by atoms with Gasteiger partial charge in [0.05, 0.1) is 0 Å². The van der Waals surface area contributed by atoms with Crippen LogP contribution in [0.3, 0.4) is 0 Å². The van der Waals surface area contributed by atoms with E-state index in [0.29, 0.717) is 11.6 Å². The van der Waals surface area contributed by atoms with E-state index in [0.717, 1.165) is 9.26 Å². The average Bonchev–Trinajstić information content (AvgIpc) is 2.77. The van der Waals surface area contributed by atoms with Crippen LogP contribution in [-0.4, -0.2) is 17.1 Å². The van der Waals surface area contributed by atoms with Crippen LogP contribution in [0, 0.1) is 10.5 Å². The Hall–Kier alpha value is -1.57. The monoisotopic (exact) mass is 371 g/mol. The molecular weight excluding hydrogens is 357 g/mol. The van der Waals surface area contributed by atoms with Gasteiger partial charge in [-0.2, -0.15) is 0 Å². The minimum atomic E-state index is -0.364. The van der Waals surface area contributed by atoms with Crippen LogP contribution >= 0.6 is 22.6 Å². The van der Waals surface area contributed by atoms with Crippen LogP contribution in [-0.2, 0) is 4.79 Å². The van der Waals surface area contributed by atoms with E-state index in [2.05, 4.69) is 38.4 Å². The molecule has 1 amide bonds. The van der Waals surface area contributed by atoms with Crippen molar-refractivity contribution in [3.8, 4) is 0 Å². The molecule has 2 rings (SSSR count). The fourth-order valence-corrected chi connectivity index (χ4v) is 1.88. The smallest absolute Gasteiger partial charge is 0.247 e. The molecule has 0 saturated carbocycles. The van der Waals surface area contributed by atoms with E-state index in [1.165, 1.54) is 0 Å². The summed E-state index contributed by atoms with van der Waals surface area (Å²) in [6.07, 6.45) is 0. The Bertz CT molecular complexity index is 566. The Morgan fingerprint density at radius 1 is 1.37 bits per heavy atom. The van der Waals surface area contributed by atoms with E-state index < -0.39 is 0 Å². The summed E-state index contributed by atoms with van der Waals surface area (Å²) in [6, 6.07) is 9.15. The quantitative estimate of drug-likeness (QED) is 0.811. The number of amides is 1. The lowest BCUT2D eigenvalue weighted by Crippen LogP contribution is -2.31.